The van der Waals surface area contributed by atoms with Crippen LogP contribution in [0.1, 0.15) is 168 Å². The summed E-state index contributed by atoms with van der Waals surface area (Å²) in [5.41, 5.74) is 0. The van der Waals surface area contributed by atoms with E-state index in [1.54, 1.807) is 6.08 Å². The highest BCUT2D eigenvalue weighted by Gasteiger charge is 2.27. The molecule has 3 atom stereocenters. The third kappa shape index (κ3) is 30.9. The topological polar surface area (TPSA) is 124 Å². The van der Waals surface area contributed by atoms with Crippen LogP contribution in [-0.2, 0) is 14.9 Å². The standard InChI is InChI=1S/C37H69NO6S/c1-3-5-7-9-11-13-14-15-16-17-18-19-20-21-22-24-26-28-30-32-36(40)37(41)38-34(33-45(42,43)44)35(39)31-29-27-25-23-12-10-8-6-4-2/h12,18-19,23,29,31,34-36,39-40H,3-11,13-17,20-22,24-28,30,32-33H2,1-2H3,(H,38,41)(H,42,43,44)/b19-18-,23-12+,31-29+. The minimum Gasteiger partial charge on any atom is -0.387 e. The van der Waals surface area contributed by atoms with Crippen LogP contribution < -0.4 is 5.32 Å². The van der Waals surface area contributed by atoms with E-state index in [2.05, 4.69) is 43.5 Å². The second-order valence-electron chi connectivity index (χ2n) is 12.6. The molecule has 1 amide bonds. The van der Waals surface area contributed by atoms with Gasteiger partial charge in [0, 0.05) is 0 Å². The number of hydrogen-bond acceptors (Lipinski definition) is 5. The van der Waals surface area contributed by atoms with E-state index in [-0.39, 0.29) is 6.42 Å². The Labute approximate surface area is 277 Å². The van der Waals surface area contributed by atoms with Crippen LogP contribution in [0.25, 0.3) is 0 Å². The van der Waals surface area contributed by atoms with Crippen LogP contribution in [0.2, 0.25) is 0 Å². The van der Waals surface area contributed by atoms with Crippen molar-refractivity contribution in [2.45, 2.75) is 186 Å². The maximum Gasteiger partial charge on any atom is 0.267 e. The third-order valence-electron chi connectivity index (χ3n) is 8.15. The van der Waals surface area contributed by atoms with E-state index in [9.17, 15) is 28.0 Å². The number of carbonyl (C=O) groups excluding carboxylic acids is 1. The Kier molecular flexibility index (Phi) is 30.1. The van der Waals surface area contributed by atoms with Gasteiger partial charge in [-0.15, -0.1) is 0 Å². The smallest absolute Gasteiger partial charge is 0.267 e. The van der Waals surface area contributed by atoms with Crippen LogP contribution in [0.15, 0.2) is 36.5 Å². The SMILES string of the molecule is CCCCC/C=C/CC/C=C/C(O)C(CS(=O)(=O)O)NC(=O)C(O)CCCCCCCC/C=C\CCCCCCCCCCC. The van der Waals surface area contributed by atoms with Gasteiger partial charge in [-0.3, -0.25) is 9.35 Å². The Hall–Kier alpha value is -1.48. The van der Waals surface area contributed by atoms with Crippen molar-refractivity contribution >= 4 is 16.0 Å². The first-order valence-corrected chi connectivity index (χ1v) is 19.9. The molecule has 0 spiro atoms. The summed E-state index contributed by atoms with van der Waals surface area (Å²) < 4.78 is 32.3. The van der Waals surface area contributed by atoms with Gasteiger partial charge >= 0.3 is 0 Å². The van der Waals surface area contributed by atoms with E-state index < -0.39 is 40.0 Å². The predicted molar refractivity (Wildman–Crippen MR) is 190 cm³/mol. The molecule has 7 nitrogen and oxygen atoms in total. The molecule has 264 valence electrons. The van der Waals surface area contributed by atoms with E-state index in [4.69, 9.17) is 0 Å². The first-order chi connectivity index (χ1) is 21.7. The number of unbranched alkanes of at least 4 members (excludes halogenated alkanes) is 19. The second kappa shape index (κ2) is 31.1. The summed E-state index contributed by atoms with van der Waals surface area (Å²) in [5, 5.41) is 23.2. The number of hydrogen-bond donors (Lipinski definition) is 4. The Morgan fingerprint density at radius 2 is 1.00 bits per heavy atom. The molecule has 0 saturated heterocycles. The molecule has 0 aliphatic heterocycles. The van der Waals surface area contributed by atoms with Gasteiger partial charge in [-0.05, 0) is 57.8 Å². The number of aliphatic hydroxyl groups is 2. The highest BCUT2D eigenvalue weighted by Crippen LogP contribution is 2.13. The van der Waals surface area contributed by atoms with Gasteiger partial charge in [0.2, 0.25) is 5.91 Å². The van der Waals surface area contributed by atoms with Crippen molar-refractivity contribution in [1.29, 1.82) is 0 Å². The van der Waals surface area contributed by atoms with Gasteiger partial charge in [-0.2, -0.15) is 8.42 Å². The molecule has 0 rings (SSSR count). The number of rotatable bonds is 32. The van der Waals surface area contributed by atoms with Crippen LogP contribution in [-0.4, -0.2) is 53.1 Å². The summed E-state index contributed by atoms with van der Waals surface area (Å²) in [6, 6.07) is -1.25. The van der Waals surface area contributed by atoms with Crippen molar-refractivity contribution in [2.75, 3.05) is 5.75 Å². The number of allylic oxidation sites excluding steroid dienone is 5. The van der Waals surface area contributed by atoms with Gasteiger partial charge in [0.1, 0.15) is 6.10 Å². The van der Waals surface area contributed by atoms with Gasteiger partial charge in [-0.1, -0.05) is 147 Å². The van der Waals surface area contributed by atoms with Crippen LogP contribution in [0, 0.1) is 0 Å². The van der Waals surface area contributed by atoms with Gasteiger partial charge in [0.05, 0.1) is 17.9 Å². The molecule has 0 fully saturated rings. The third-order valence-corrected chi connectivity index (χ3v) is 8.93. The lowest BCUT2D eigenvalue weighted by Crippen LogP contribution is -2.50. The molecule has 0 radical (unpaired) electrons. The lowest BCUT2D eigenvalue weighted by molar-refractivity contribution is -0.130. The lowest BCUT2D eigenvalue weighted by atomic mass is 10.0. The van der Waals surface area contributed by atoms with Crippen LogP contribution in [0.5, 0.6) is 0 Å². The summed E-state index contributed by atoms with van der Waals surface area (Å²) in [5.74, 6) is -1.57. The number of amides is 1. The number of aliphatic hydroxyl groups excluding tert-OH is 2. The number of nitrogens with one attached hydrogen (secondary N) is 1. The summed E-state index contributed by atoms with van der Waals surface area (Å²) >= 11 is 0. The first-order valence-electron chi connectivity index (χ1n) is 18.3. The van der Waals surface area contributed by atoms with Crippen LogP contribution in [0.4, 0.5) is 0 Å². The fourth-order valence-corrected chi connectivity index (χ4v) is 6.02. The Morgan fingerprint density at radius 1 is 0.600 bits per heavy atom. The zero-order chi connectivity index (χ0) is 33.4. The fraction of sp³-hybridized carbons (Fsp3) is 0.811. The maximum absolute atomic E-state index is 12.5. The monoisotopic (exact) mass is 655 g/mol. The highest BCUT2D eigenvalue weighted by atomic mass is 32.2. The molecular formula is C37H69NO6S. The molecule has 0 aliphatic rings. The van der Waals surface area contributed by atoms with Gasteiger partial charge in [0.15, 0.2) is 0 Å². The molecular weight excluding hydrogens is 586 g/mol. The molecule has 0 aliphatic carbocycles. The molecule has 0 aromatic rings. The first kappa shape index (κ1) is 43.5. The molecule has 45 heavy (non-hydrogen) atoms. The van der Waals surface area contributed by atoms with Gasteiger partial charge in [-0.25, -0.2) is 0 Å². The quantitative estimate of drug-likeness (QED) is 0.0326. The molecule has 0 saturated carbocycles. The Morgan fingerprint density at radius 3 is 1.51 bits per heavy atom. The largest absolute Gasteiger partial charge is 0.387 e. The predicted octanol–water partition coefficient (Wildman–Crippen LogP) is 9.15. The lowest BCUT2D eigenvalue weighted by Gasteiger charge is -2.22. The Balaban J connectivity index is 4.05. The molecule has 0 bridgehead atoms. The Bertz CT molecular complexity index is 870. The van der Waals surface area contributed by atoms with Crippen molar-refractivity contribution in [3.63, 3.8) is 0 Å². The summed E-state index contributed by atoms with van der Waals surface area (Å²) in [6.07, 6.45) is 36.5. The maximum atomic E-state index is 12.5. The van der Waals surface area contributed by atoms with Crippen molar-refractivity contribution < 1.29 is 28.0 Å². The summed E-state index contributed by atoms with van der Waals surface area (Å²) in [6.45, 7) is 4.43. The van der Waals surface area contributed by atoms with E-state index in [0.29, 0.717) is 12.8 Å². The molecule has 4 N–H and O–H groups in total. The van der Waals surface area contributed by atoms with Crippen molar-refractivity contribution in [1.82, 2.24) is 5.32 Å². The zero-order valence-corrected chi connectivity index (χ0v) is 29.7. The van der Waals surface area contributed by atoms with E-state index >= 15 is 0 Å². The normalized spacial score (nSPS) is 14.5. The second-order valence-corrected chi connectivity index (χ2v) is 14.1. The zero-order valence-electron chi connectivity index (χ0n) is 28.8. The van der Waals surface area contributed by atoms with Crippen molar-refractivity contribution in [2.24, 2.45) is 0 Å². The molecule has 0 aromatic heterocycles. The summed E-state index contributed by atoms with van der Waals surface area (Å²) in [4.78, 5) is 12.5. The molecule has 0 heterocycles. The van der Waals surface area contributed by atoms with Gasteiger partial charge in [0.25, 0.3) is 10.1 Å². The summed E-state index contributed by atoms with van der Waals surface area (Å²) in [7, 11) is -4.44. The van der Waals surface area contributed by atoms with E-state index in [0.717, 1.165) is 38.5 Å². The minimum atomic E-state index is -4.44. The average Bonchev–Trinajstić information content (AvgIpc) is 3.00. The van der Waals surface area contributed by atoms with Crippen molar-refractivity contribution in [3.05, 3.63) is 36.5 Å². The average molecular weight is 656 g/mol. The fourth-order valence-electron chi connectivity index (χ4n) is 5.29. The van der Waals surface area contributed by atoms with E-state index in [1.807, 2.05) is 0 Å². The number of carbonyl (C=O) groups is 1. The van der Waals surface area contributed by atoms with Crippen LogP contribution >= 0.6 is 0 Å². The molecule has 8 heteroatoms. The van der Waals surface area contributed by atoms with Crippen LogP contribution in [0.3, 0.4) is 0 Å². The highest BCUT2D eigenvalue weighted by molar-refractivity contribution is 7.85. The van der Waals surface area contributed by atoms with Crippen molar-refractivity contribution in [3.8, 4) is 0 Å². The van der Waals surface area contributed by atoms with Gasteiger partial charge < -0.3 is 15.5 Å². The van der Waals surface area contributed by atoms with E-state index in [1.165, 1.54) is 102 Å². The molecule has 3 unspecified atom stereocenters. The molecule has 0 aromatic carbocycles. The minimum absolute atomic E-state index is 0.266.